The highest BCUT2D eigenvalue weighted by Crippen LogP contribution is 2.37. The first kappa shape index (κ1) is 15.5. The van der Waals surface area contributed by atoms with Crippen molar-refractivity contribution in [3.63, 3.8) is 0 Å². The second kappa shape index (κ2) is 5.83. The molecule has 0 unspecified atom stereocenters. The topological polar surface area (TPSA) is 59.7 Å². The lowest BCUT2D eigenvalue weighted by Crippen LogP contribution is -2.05. The number of benzene rings is 3. The van der Waals surface area contributed by atoms with Gasteiger partial charge in [-0.15, -0.1) is 0 Å². The fraction of sp³-hybridized carbons (Fsp3) is 0.0500. The fourth-order valence-electron chi connectivity index (χ4n) is 2.99. The van der Waals surface area contributed by atoms with E-state index in [1.807, 2.05) is 30.3 Å². The van der Waals surface area contributed by atoms with Crippen LogP contribution in [0.25, 0.3) is 32.9 Å². The van der Waals surface area contributed by atoms with Crippen LogP contribution in [0, 0.1) is 0 Å². The van der Waals surface area contributed by atoms with Crippen LogP contribution in [0.4, 0.5) is 0 Å². The number of aromatic hydroxyl groups is 1. The van der Waals surface area contributed by atoms with Crippen molar-refractivity contribution in [1.29, 1.82) is 0 Å². The van der Waals surface area contributed by atoms with Gasteiger partial charge >= 0.3 is 0 Å². The molecule has 3 aromatic carbocycles. The summed E-state index contributed by atoms with van der Waals surface area (Å²) in [7, 11) is 1.43. The first-order valence-corrected chi connectivity index (χ1v) is 7.98. The zero-order valence-electron chi connectivity index (χ0n) is 13.2. The van der Waals surface area contributed by atoms with Crippen LogP contribution in [0.5, 0.6) is 11.5 Å². The molecule has 0 amide bonds. The molecule has 0 aliphatic rings. The number of ether oxygens (including phenoxy) is 1. The Hall–Kier alpha value is -2.98. The van der Waals surface area contributed by atoms with E-state index in [1.165, 1.54) is 25.5 Å². The monoisotopic (exact) mass is 352 g/mol. The maximum absolute atomic E-state index is 13.1. The average molecular weight is 353 g/mol. The van der Waals surface area contributed by atoms with Gasteiger partial charge in [-0.3, -0.25) is 4.79 Å². The van der Waals surface area contributed by atoms with Crippen molar-refractivity contribution in [2.45, 2.75) is 0 Å². The molecule has 0 aliphatic carbocycles. The van der Waals surface area contributed by atoms with Gasteiger partial charge in [-0.1, -0.05) is 41.9 Å². The normalized spacial score (nSPS) is 11.1. The van der Waals surface area contributed by atoms with Gasteiger partial charge in [0.05, 0.1) is 23.1 Å². The predicted molar refractivity (Wildman–Crippen MR) is 98.7 cm³/mol. The maximum Gasteiger partial charge on any atom is 0.201 e. The fourth-order valence-corrected chi connectivity index (χ4v) is 3.25. The highest BCUT2D eigenvalue weighted by Gasteiger charge is 2.16. The minimum absolute atomic E-state index is 0.0979. The summed E-state index contributed by atoms with van der Waals surface area (Å²) in [6.45, 7) is 0. The van der Waals surface area contributed by atoms with Gasteiger partial charge in [0.2, 0.25) is 5.43 Å². The lowest BCUT2D eigenvalue weighted by Gasteiger charge is -2.10. The summed E-state index contributed by atoms with van der Waals surface area (Å²) < 4.78 is 10.7. The third-order valence-electron chi connectivity index (χ3n) is 4.22. The largest absolute Gasteiger partial charge is 0.504 e. The second-order valence-corrected chi connectivity index (χ2v) is 6.05. The minimum Gasteiger partial charge on any atom is -0.504 e. The molecule has 0 saturated heterocycles. The summed E-state index contributed by atoms with van der Waals surface area (Å²) in [6, 6.07) is 14.2. The lowest BCUT2D eigenvalue weighted by molar-refractivity contribution is 0.373. The second-order valence-electron chi connectivity index (χ2n) is 5.64. The van der Waals surface area contributed by atoms with Crippen LogP contribution < -0.4 is 10.2 Å². The Morgan fingerprint density at radius 2 is 1.88 bits per heavy atom. The van der Waals surface area contributed by atoms with Gasteiger partial charge < -0.3 is 14.3 Å². The number of rotatable bonds is 2. The van der Waals surface area contributed by atoms with Crippen molar-refractivity contribution in [2.75, 3.05) is 7.11 Å². The smallest absolute Gasteiger partial charge is 0.201 e. The van der Waals surface area contributed by atoms with Crippen LogP contribution in [-0.4, -0.2) is 12.2 Å². The zero-order valence-corrected chi connectivity index (χ0v) is 14.0. The standard InChI is InChI=1S/C20H13ClO4/c1-24-18-9-15(21)13(8-16(18)22)14-10-25-17-7-6-11-4-2-3-5-12(11)19(17)20(14)23/h2-10,22H,1H3. The Balaban J connectivity index is 2.07. The molecule has 4 aromatic rings. The van der Waals surface area contributed by atoms with E-state index >= 15 is 0 Å². The molecule has 4 rings (SSSR count). The number of phenolic OH excluding ortho intramolecular Hbond substituents is 1. The van der Waals surface area contributed by atoms with Crippen LogP contribution in [0.15, 0.2) is 64.0 Å². The molecule has 0 saturated carbocycles. The molecule has 0 aliphatic heterocycles. The first-order valence-electron chi connectivity index (χ1n) is 7.60. The van der Waals surface area contributed by atoms with Crippen LogP contribution in [0.3, 0.4) is 0 Å². The molecule has 1 aromatic heterocycles. The van der Waals surface area contributed by atoms with Crippen molar-refractivity contribution in [2.24, 2.45) is 0 Å². The van der Waals surface area contributed by atoms with E-state index in [0.717, 1.165) is 10.8 Å². The summed E-state index contributed by atoms with van der Waals surface area (Å²) in [5.74, 6) is 0.142. The van der Waals surface area contributed by atoms with Crippen LogP contribution in [0.1, 0.15) is 0 Å². The van der Waals surface area contributed by atoms with Gasteiger partial charge in [0.1, 0.15) is 11.8 Å². The molecule has 0 bridgehead atoms. The molecule has 124 valence electrons. The van der Waals surface area contributed by atoms with Gasteiger partial charge in [0, 0.05) is 11.6 Å². The number of hydrogen-bond donors (Lipinski definition) is 1. The van der Waals surface area contributed by atoms with Crippen molar-refractivity contribution in [3.05, 3.63) is 70.0 Å². The highest BCUT2D eigenvalue weighted by molar-refractivity contribution is 6.33. The van der Waals surface area contributed by atoms with Gasteiger partial charge in [0.15, 0.2) is 11.5 Å². The molecular weight excluding hydrogens is 340 g/mol. The van der Waals surface area contributed by atoms with Crippen molar-refractivity contribution in [1.82, 2.24) is 0 Å². The van der Waals surface area contributed by atoms with Crippen molar-refractivity contribution >= 4 is 33.3 Å². The number of hydrogen-bond acceptors (Lipinski definition) is 4. The Morgan fingerprint density at radius 3 is 2.68 bits per heavy atom. The summed E-state index contributed by atoms with van der Waals surface area (Å²) in [5.41, 5.74) is 0.973. The molecule has 0 spiro atoms. The zero-order chi connectivity index (χ0) is 17.6. The van der Waals surface area contributed by atoms with E-state index in [4.69, 9.17) is 20.8 Å². The SMILES string of the molecule is COc1cc(Cl)c(-c2coc3ccc4ccccc4c3c2=O)cc1O. The van der Waals surface area contributed by atoms with Crippen molar-refractivity contribution in [3.8, 4) is 22.6 Å². The van der Waals surface area contributed by atoms with Crippen LogP contribution in [0.2, 0.25) is 5.02 Å². The van der Waals surface area contributed by atoms with Crippen LogP contribution in [-0.2, 0) is 0 Å². The molecule has 0 radical (unpaired) electrons. The Bertz CT molecular complexity index is 1180. The van der Waals surface area contributed by atoms with Crippen LogP contribution >= 0.6 is 11.6 Å². The van der Waals surface area contributed by atoms with E-state index in [1.54, 1.807) is 6.07 Å². The van der Waals surface area contributed by atoms with Gasteiger partial charge in [0.25, 0.3) is 0 Å². The number of methoxy groups -OCH3 is 1. The van der Waals surface area contributed by atoms with E-state index in [0.29, 0.717) is 21.6 Å². The molecular formula is C20H13ClO4. The van der Waals surface area contributed by atoms with E-state index in [2.05, 4.69) is 0 Å². The molecule has 1 N–H and O–H groups in total. The summed E-state index contributed by atoms with van der Waals surface area (Å²) in [4.78, 5) is 13.1. The highest BCUT2D eigenvalue weighted by atomic mass is 35.5. The third-order valence-corrected chi connectivity index (χ3v) is 4.54. The summed E-state index contributed by atoms with van der Waals surface area (Å²) in [6.07, 6.45) is 1.37. The minimum atomic E-state index is -0.204. The van der Waals surface area contributed by atoms with Gasteiger partial charge in [-0.05, 0) is 22.9 Å². The van der Waals surface area contributed by atoms with Crippen molar-refractivity contribution < 1.29 is 14.3 Å². The Labute approximate surface area is 147 Å². The molecule has 0 fully saturated rings. The van der Waals surface area contributed by atoms with Gasteiger partial charge in [-0.2, -0.15) is 0 Å². The number of phenols is 1. The van der Waals surface area contributed by atoms with E-state index in [9.17, 15) is 9.90 Å². The Kier molecular flexibility index (Phi) is 3.62. The van der Waals surface area contributed by atoms with E-state index < -0.39 is 0 Å². The summed E-state index contributed by atoms with van der Waals surface area (Å²) >= 11 is 6.28. The molecule has 25 heavy (non-hydrogen) atoms. The summed E-state index contributed by atoms with van der Waals surface area (Å²) in [5, 5.41) is 12.6. The molecule has 0 atom stereocenters. The van der Waals surface area contributed by atoms with E-state index in [-0.39, 0.29) is 22.5 Å². The maximum atomic E-state index is 13.1. The molecule has 1 heterocycles. The number of fused-ring (bicyclic) bond motifs is 3. The average Bonchev–Trinajstić information content (AvgIpc) is 2.63. The quantitative estimate of drug-likeness (QED) is 0.517. The lowest BCUT2D eigenvalue weighted by atomic mass is 10.0. The Morgan fingerprint density at radius 1 is 1.08 bits per heavy atom. The molecule has 4 nitrogen and oxygen atoms in total. The first-order chi connectivity index (χ1) is 12.1. The molecule has 5 heteroatoms. The number of halogens is 1. The third kappa shape index (κ3) is 2.42. The van der Waals surface area contributed by atoms with Gasteiger partial charge in [-0.25, -0.2) is 0 Å². The predicted octanol–water partition coefficient (Wildman–Crippen LogP) is 4.98.